The summed E-state index contributed by atoms with van der Waals surface area (Å²) in [7, 11) is 0. The fourth-order valence-corrected chi connectivity index (χ4v) is 7.76. The Hall–Kier alpha value is -3.13. The molecule has 2 aliphatic carbocycles. The molecule has 0 aliphatic heterocycles. The minimum atomic E-state index is 0.441. The molecule has 2 saturated carbocycles. The zero-order chi connectivity index (χ0) is 25.6. The predicted octanol–water partition coefficient (Wildman–Crippen LogP) is 10.5. The maximum absolute atomic E-state index is 5.25. The van der Waals surface area contributed by atoms with Gasteiger partial charge in [-0.1, -0.05) is 107 Å². The smallest absolute Gasteiger partial charge is 0.145 e. The molecule has 0 bridgehead atoms. The molecule has 2 heterocycles. The summed E-state index contributed by atoms with van der Waals surface area (Å²) in [5.41, 5.74) is 9.75. The number of hydrogen-bond donors (Lipinski definition) is 0. The van der Waals surface area contributed by atoms with Crippen LogP contribution in [0.5, 0.6) is 0 Å². The van der Waals surface area contributed by atoms with Gasteiger partial charge in [0.2, 0.25) is 0 Å². The number of imidazole rings is 1. The van der Waals surface area contributed by atoms with E-state index in [0.717, 1.165) is 5.65 Å². The minimum Gasteiger partial charge on any atom is -0.292 e. The summed E-state index contributed by atoms with van der Waals surface area (Å²) in [5, 5.41) is 3.97. The Kier molecular flexibility index (Phi) is 6.22. The van der Waals surface area contributed by atoms with Crippen LogP contribution in [-0.4, -0.2) is 9.38 Å². The van der Waals surface area contributed by atoms with E-state index < -0.39 is 0 Å². The van der Waals surface area contributed by atoms with Crippen molar-refractivity contribution < 1.29 is 0 Å². The first-order valence-corrected chi connectivity index (χ1v) is 15.2. The van der Waals surface area contributed by atoms with Crippen LogP contribution < -0.4 is 0 Å². The Morgan fingerprint density at radius 1 is 0.684 bits per heavy atom. The maximum Gasteiger partial charge on any atom is 0.145 e. The monoisotopic (exact) mass is 500 g/mol. The zero-order valence-electron chi connectivity index (χ0n) is 23.0. The quantitative estimate of drug-likeness (QED) is 0.224. The highest BCUT2D eigenvalue weighted by molar-refractivity contribution is 6.13. The van der Waals surface area contributed by atoms with Gasteiger partial charge < -0.3 is 0 Å². The van der Waals surface area contributed by atoms with Crippen LogP contribution in [0.4, 0.5) is 0 Å². The molecule has 0 unspecified atom stereocenters. The standard InChI is InChI=1S/C36H40N2/c1-24(2)27-18-11-21-31-30-17-9-10-22-32(30)38-33(23-37-36(38)35(27)31)34-28(25-13-5-3-6-14-25)19-12-20-29(34)26-15-7-4-8-16-26/h9-12,17-26H,3-8,13-16H2,1-2H3. The van der Waals surface area contributed by atoms with Gasteiger partial charge in [0.25, 0.3) is 0 Å². The van der Waals surface area contributed by atoms with Gasteiger partial charge in [-0.05, 0) is 71.6 Å². The van der Waals surface area contributed by atoms with Gasteiger partial charge in [0.1, 0.15) is 5.65 Å². The van der Waals surface area contributed by atoms with Crippen molar-refractivity contribution in [1.29, 1.82) is 0 Å². The third-order valence-corrected chi connectivity index (χ3v) is 9.61. The van der Waals surface area contributed by atoms with Crippen LogP contribution in [0.1, 0.15) is 112 Å². The summed E-state index contributed by atoms with van der Waals surface area (Å²) in [5.74, 6) is 1.76. The van der Waals surface area contributed by atoms with Crippen molar-refractivity contribution >= 4 is 27.3 Å². The highest BCUT2D eigenvalue weighted by Crippen LogP contribution is 2.46. The maximum atomic E-state index is 5.25. The second-order valence-electron chi connectivity index (χ2n) is 12.2. The Balaban J connectivity index is 1.58. The van der Waals surface area contributed by atoms with Crippen LogP contribution in [0, 0.1) is 0 Å². The number of fused-ring (bicyclic) bond motifs is 6. The molecule has 0 saturated heterocycles. The van der Waals surface area contributed by atoms with E-state index in [1.54, 1.807) is 11.1 Å². The molecule has 0 N–H and O–H groups in total. The first kappa shape index (κ1) is 23.9. The molecule has 0 radical (unpaired) electrons. The minimum absolute atomic E-state index is 0.441. The van der Waals surface area contributed by atoms with Crippen molar-refractivity contribution in [2.75, 3.05) is 0 Å². The van der Waals surface area contributed by atoms with E-state index in [2.05, 4.69) is 85.1 Å². The number of pyridine rings is 1. The molecule has 194 valence electrons. The molecule has 0 spiro atoms. The van der Waals surface area contributed by atoms with E-state index >= 15 is 0 Å². The average molecular weight is 501 g/mol. The van der Waals surface area contributed by atoms with E-state index in [4.69, 9.17) is 4.98 Å². The predicted molar refractivity (Wildman–Crippen MR) is 161 cm³/mol. The molecule has 2 fully saturated rings. The van der Waals surface area contributed by atoms with Crippen molar-refractivity contribution in [2.24, 2.45) is 0 Å². The second-order valence-corrected chi connectivity index (χ2v) is 12.2. The van der Waals surface area contributed by atoms with Crippen molar-refractivity contribution in [3.8, 4) is 11.3 Å². The number of nitrogens with zero attached hydrogens (tertiary/aromatic N) is 2. The van der Waals surface area contributed by atoms with Gasteiger partial charge in [0, 0.05) is 16.3 Å². The number of para-hydroxylation sites is 1. The molecule has 7 rings (SSSR count). The van der Waals surface area contributed by atoms with Crippen molar-refractivity contribution in [3.05, 3.63) is 83.6 Å². The fourth-order valence-electron chi connectivity index (χ4n) is 7.76. The second kappa shape index (κ2) is 9.88. The molecule has 0 atom stereocenters. The number of hydrogen-bond acceptors (Lipinski definition) is 1. The third kappa shape index (κ3) is 3.87. The van der Waals surface area contributed by atoms with E-state index in [9.17, 15) is 0 Å². The first-order chi connectivity index (χ1) is 18.7. The van der Waals surface area contributed by atoms with E-state index in [-0.39, 0.29) is 0 Å². The summed E-state index contributed by atoms with van der Waals surface area (Å²) in [6.07, 6.45) is 15.7. The van der Waals surface area contributed by atoms with Crippen LogP contribution in [0.2, 0.25) is 0 Å². The lowest BCUT2D eigenvalue weighted by Crippen LogP contribution is -2.12. The summed E-state index contributed by atoms with van der Waals surface area (Å²) in [6.45, 7) is 4.62. The van der Waals surface area contributed by atoms with Crippen LogP contribution in [0.15, 0.2) is 66.9 Å². The Bertz CT molecular complexity index is 1570. The van der Waals surface area contributed by atoms with Gasteiger partial charge >= 0.3 is 0 Å². The van der Waals surface area contributed by atoms with Crippen LogP contribution in [0.25, 0.3) is 38.6 Å². The van der Waals surface area contributed by atoms with Gasteiger partial charge in [-0.2, -0.15) is 0 Å². The van der Waals surface area contributed by atoms with Crippen molar-refractivity contribution in [1.82, 2.24) is 9.38 Å². The lowest BCUT2D eigenvalue weighted by Gasteiger charge is -2.30. The highest BCUT2D eigenvalue weighted by atomic mass is 15.0. The first-order valence-electron chi connectivity index (χ1n) is 15.2. The summed E-state index contributed by atoms with van der Waals surface area (Å²) in [6, 6.07) is 23.1. The fraction of sp³-hybridized carbons (Fsp3) is 0.417. The topological polar surface area (TPSA) is 17.3 Å². The molecule has 38 heavy (non-hydrogen) atoms. The average Bonchev–Trinajstić information content (AvgIpc) is 3.42. The molecule has 0 amide bonds. The largest absolute Gasteiger partial charge is 0.292 e. The number of benzene rings is 3. The summed E-state index contributed by atoms with van der Waals surface area (Å²) < 4.78 is 2.53. The molecule has 2 heteroatoms. The molecule has 2 aromatic heterocycles. The number of aromatic nitrogens is 2. The van der Waals surface area contributed by atoms with Crippen molar-refractivity contribution in [3.63, 3.8) is 0 Å². The van der Waals surface area contributed by atoms with Crippen LogP contribution >= 0.6 is 0 Å². The summed E-state index contributed by atoms with van der Waals surface area (Å²) in [4.78, 5) is 5.25. The van der Waals surface area contributed by atoms with Crippen molar-refractivity contribution in [2.45, 2.75) is 95.8 Å². The third-order valence-electron chi connectivity index (χ3n) is 9.61. The molecule has 2 aliphatic rings. The molecular weight excluding hydrogens is 460 g/mol. The van der Waals surface area contributed by atoms with Gasteiger partial charge in [0.05, 0.1) is 17.4 Å². The van der Waals surface area contributed by atoms with E-state index in [0.29, 0.717) is 17.8 Å². The normalized spacial score (nSPS) is 17.8. The molecule has 2 nitrogen and oxygen atoms in total. The van der Waals surface area contributed by atoms with E-state index in [1.165, 1.54) is 103 Å². The van der Waals surface area contributed by atoms with Crippen LogP contribution in [-0.2, 0) is 0 Å². The highest BCUT2D eigenvalue weighted by Gasteiger charge is 2.28. The zero-order valence-corrected chi connectivity index (χ0v) is 23.0. The molecule has 5 aromatic rings. The SMILES string of the molecule is CC(C)c1cccc2c3ccccc3n3c(-c4c(C5CCCCC5)cccc4C4CCCCC4)cnc3c12. The van der Waals surface area contributed by atoms with Gasteiger partial charge in [-0.3, -0.25) is 4.40 Å². The van der Waals surface area contributed by atoms with Gasteiger partial charge in [-0.25, -0.2) is 4.98 Å². The van der Waals surface area contributed by atoms with Gasteiger partial charge in [0.15, 0.2) is 0 Å². The Morgan fingerprint density at radius 3 is 1.95 bits per heavy atom. The van der Waals surface area contributed by atoms with E-state index in [1.807, 2.05) is 0 Å². The Morgan fingerprint density at radius 2 is 1.29 bits per heavy atom. The van der Waals surface area contributed by atoms with Gasteiger partial charge in [-0.15, -0.1) is 0 Å². The van der Waals surface area contributed by atoms with Crippen LogP contribution in [0.3, 0.4) is 0 Å². The lowest BCUT2D eigenvalue weighted by molar-refractivity contribution is 0.436. The Labute approximate surface area is 227 Å². The number of rotatable bonds is 4. The molecular formula is C36H40N2. The molecule has 3 aromatic carbocycles. The summed E-state index contributed by atoms with van der Waals surface area (Å²) >= 11 is 0. The lowest BCUT2D eigenvalue weighted by atomic mass is 9.76.